The number of hydrogen-bond acceptors (Lipinski definition) is 4. The van der Waals surface area contributed by atoms with E-state index in [1.807, 2.05) is 0 Å². The van der Waals surface area contributed by atoms with Crippen LogP contribution in [0.5, 0.6) is 0 Å². The summed E-state index contributed by atoms with van der Waals surface area (Å²) in [5, 5.41) is 12.1. The van der Waals surface area contributed by atoms with E-state index in [4.69, 9.17) is 4.74 Å². The molecular weight excluding hydrogens is 222 g/mol. The van der Waals surface area contributed by atoms with Gasteiger partial charge < -0.3 is 15.2 Å². The normalized spacial score (nSPS) is 13.8. The molecule has 2 N–H and O–H groups in total. The maximum atomic E-state index is 11.5. The fraction of sp³-hybridized carbons (Fsp3) is 0.833. The lowest BCUT2D eigenvalue weighted by Gasteiger charge is -2.20. The van der Waals surface area contributed by atoms with Crippen LogP contribution in [0.4, 0.5) is 0 Å². The summed E-state index contributed by atoms with van der Waals surface area (Å²) < 4.78 is 4.78. The van der Waals surface area contributed by atoms with Crippen LogP contribution in [0.15, 0.2) is 0 Å². The van der Waals surface area contributed by atoms with Gasteiger partial charge in [0.2, 0.25) is 6.41 Å². The van der Waals surface area contributed by atoms with Gasteiger partial charge in [-0.3, -0.25) is 4.79 Å². The second-order valence-electron chi connectivity index (χ2n) is 3.93. The van der Waals surface area contributed by atoms with Crippen LogP contribution in [-0.4, -0.2) is 36.2 Å². The summed E-state index contributed by atoms with van der Waals surface area (Å²) in [4.78, 5) is 21.8. The number of rotatable bonds is 10. The Hall–Kier alpha value is -1.10. The lowest BCUT2D eigenvalue weighted by atomic mass is 10.0. The van der Waals surface area contributed by atoms with Gasteiger partial charge >= 0.3 is 5.97 Å². The van der Waals surface area contributed by atoms with Crippen LogP contribution < -0.4 is 5.32 Å². The van der Waals surface area contributed by atoms with Crippen molar-refractivity contribution in [3.05, 3.63) is 0 Å². The van der Waals surface area contributed by atoms with E-state index >= 15 is 0 Å². The van der Waals surface area contributed by atoms with Gasteiger partial charge in [0.15, 0.2) is 6.04 Å². The van der Waals surface area contributed by atoms with Gasteiger partial charge in [0.25, 0.3) is 0 Å². The number of nitrogens with one attached hydrogen (secondary N) is 1. The topological polar surface area (TPSA) is 75.6 Å². The van der Waals surface area contributed by atoms with E-state index in [1.54, 1.807) is 6.92 Å². The fourth-order valence-electron chi connectivity index (χ4n) is 1.59. The molecule has 2 unspecified atom stereocenters. The molecule has 100 valence electrons. The smallest absolute Gasteiger partial charge is 0.331 e. The van der Waals surface area contributed by atoms with Crippen LogP contribution in [0.1, 0.15) is 46.0 Å². The largest absolute Gasteiger partial charge is 0.464 e. The number of amides is 1. The number of hydrogen-bond donors (Lipinski definition) is 2. The molecule has 0 fully saturated rings. The van der Waals surface area contributed by atoms with Crippen molar-refractivity contribution in [3.8, 4) is 0 Å². The van der Waals surface area contributed by atoms with Gasteiger partial charge in [-0.05, 0) is 13.3 Å². The van der Waals surface area contributed by atoms with Crippen molar-refractivity contribution in [2.24, 2.45) is 0 Å². The quantitative estimate of drug-likeness (QED) is 0.342. The van der Waals surface area contributed by atoms with Crippen molar-refractivity contribution in [1.82, 2.24) is 5.32 Å². The third kappa shape index (κ3) is 6.94. The zero-order valence-electron chi connectivity index (χ0n) is 10.6. The molecule has 17 heavy (non-hydrogen) atoms. The molecule has 5 nitrogen and oxygen atoms in total. The van der Waals surface area contributed by atoms with E-state index < -0.39 is 18.1 Å². The van der Waals surface area contributed by atoms with Crippen LogP contribution in [0.2, 0.25) is 0 Å². The summed E-state index contributed by atoms with van der Waals surface area (Å²) in [7, 11) is 0. The zero-order chi connectivity index (χ0) is 13.1. The van der Waals surface area contributed by atoms with Gasteiger partial charge in [0.1, 0.15) is 0 Å². The lowest BCUT2D eigenvalue weighted by Crippen LogP contribution is -2.46. The lowest BCUT2D eigenvalue weighted by molar-refractivity contribution is -0.149. The van der Waals surface area contributed by atoms with Gasteiger partial charge in [-0.2, -0.15) is 0 Å². The van der Waals surface area contributed by atoms with Crippen LogP contribution in [0, 0.1) is 0 Å². The minimum absolute atomic E-state index is 0.235. The Morgan fingerprint density at radius 3 is 2.59 bits per heavy atom. The number of esters is 1. The molecular formula is C12H23NO4. The van der Waals surface area contributed by atoms with E-state index in [9.17, 15) is 14.7 Å². The van der Waals surface area contributed by atoms with E-state index in [1.165, 1.54) is 0 Å². The number of ether oxygens (including phenoxy) is 1. The zero-order valence-corrected chi connectivity index (χ0v) is 10.6. The molecule has 1 amide bonds. The minimum Gasteiger partial charge on any atom is -0.464 e. The molecule has 0 saturated carbocycles. The molecule has 0 aromatic heterocycles. The SMILES string of the molecule is CCCCCCC(O)C(NC=O)C(=O)OCC. The molecule has 0 aliphatic heterocycles. The Bertz CT molecular complexity index is 221. The third-order valence-corrected chi connectivity index (χ3v) is 2.53. The van der Waals surface area contributed by atoms with Gasteiger partial charge in [0.05, 0.1) is 12.7 Å². The summed E-state index contributed by atoms with van der Waals surface area (Å²) in [6.45, 7) is 4.02. The summed E-state index contributed by atoms with van der Waals surface area (Å²) in [5.41, 5.74) is 0. The second-order valence-corrected chi connectivity index (χ2v) is 3.93. The van der Waals surface area contributed by atoms with Gasteiger partial charge in [0, 0.05) is 0 Å². The monoisotopic (exact) mass is 245 g/mol. The first-order valence-electron chi connectivity index (χ1n) is 6.21. The second kappa shape index (κ2) is 10.1. The first-order valence-corrected chi connectivity index (χ1v) is 6.21. The third-order valence-electron chi connectivity index (χ3n) is 2.53. The Balaban J connectivity index is 4.09. The predicted octanol–water partition coefficient (Wildman–Crippen LogP) is 0.995. The van der Waals surface area contributed by atoms with Crippen molar-refractivity contribution in [2.45, 2.75) is 58.1 Å². The minimum atomic E-state index is -0.950. The van der Waals surface area contributed by atoms with Gasteiger partial charge in [-0.15, -0.1) is 0 Å². The number of aliphatic hydroxyl groups excluding tert-OH is 1. The van der Waals surface area contributed by atoms with E-state index in [-0.39, 0.29) is 6.61 Å². The van der Waals surface area contributed by atoms with Crippen LogP contribution in [0.25, 0.3) is 0 Å². The molecule has 0 radical (unpaired) electrons. The predicted molar refractivity (Wildman–Crippen MR) is 64.4 cm³/mol. The Labute approximate surface area is 103 Å². The van der Waals surface area contributed by atoms with Gasteiger partial charge in [-0.1, -0.05) is 32.6 Å². The summed E-state index contributed by atoms with van der Waals surface area (Å²) in [6, 6.07) is -0.950. The highest BCUT2D eigenvalue weighted by Gasteiger charge is 2.26. The average Bonchev–Trinajstić information content (AvgIpc) is 2.31. The fourth-order valence-corrected chi connectivity index (χ4v) is 1.59. The van der Waals surface area contributed by atoms with E-state index in [0.717, 1.165) is 25.7 Å². The van der Waals surface area contributed by atoms with Crippen molar-refractivity contribution < 1.29 is 19.4 Å². The molecule has 0 aliphatic rings. The molecule has 0 heterocycles. The maximum Gasteiger partial charge on any atom is 0.331 e. The summed E-state index contributed by atoms with van der Waals surface area (Å²) in [6.07, 6.45) is 4.11. The molecule has 0 bridgehead atoms. The van der Waals surface area contributed by atoms with E-state index in [0.29, 0.717) is 12.8 Å². The maximum absolute atomic E-state index is 11.5. The molecule has 5 heteroatoms. The van der Waals surface area contributed by atoms with Crippen LogP contribution >= 0.6 is 0 Å². The Morgan fingerprint density at radius 2 is 2.06 bits per heavy atom. The van der Waals surface area contributed by atoms with Gasteiger partial charge in [-0.25, -0.2) is 4.79 Å². The number of unbranched alkanes of at least 4 members (excludes halogenated alkanes) is 3. The molecule has 0 saturated heterocycles. The molecule has 0 spiro atoms. The first-order chi connectivity index (χ1) is 8.17. The Kier molecular flexibility index (Phi) is 9.43. The average molecular weight is 245 g/mol. The highest BCUT2D eigenvalue weighted by molar-refractivity contribution is 5.78. The summed E-state index contributed by atoms with van der Waals surface area (Å²) in [5.74, 6) is -0.581. The van der Waals surface area contributed by atoms with E-state index in [2.05, 4.69) is 12.2 Å². The van der Waals surface area contributed by atoms with Crippen molar-refractivity contribution in [3.63, 3.8) is 0 Å². The standard InChI is InChI=1S/C12H23NO4/c1-3-5-6-7-8-10(15)11(13-9-14)12(16)17-4-2/h9-11,15H,3-8H2,1-2H3,(H,13,14). The van der Waals surface area contributed by atoms with Crippen molar-refractivity contribution >= 4 is 12.4 Å². The first kappa shape index (κ1) is 15.9. The molecule has 0 aromatic rings. The highest BCUT2D eigenvalue weighted by atomic mass is 16.5. The summed E-state index contributed by atoms with van der Waals surface area (Å²) >= 11 is 0. The molecule has 0 aromatic carbocycles. The van der Waals surface area contributed by atoms with Crippen molar-refractivity contribution in [1.29, 1.82) is 0 Å². The highest BCUT2D eigenvalue weighted by Crippen LogP contribution is 2.09. The van der Waals surface area contributed by atoms with Crippen LogP contribution in [-0.2, 0) is 14.3 Å². The van der Waals surface area contributed by atoms with Crippen molar-refractivity contribution in [2.75, 3.05) is 6.61 Å². The number of carbonyl (C=O) groups excluding carboxylic acids is 2. The Morgan fingerprint density at radius 1 is 1.35 bits per heavy atom. The number of aliphatic hydroxyl groups is 1. The number of carbonyl (C=O) groups is 2. The van der Waals surface area contributed by atoms with Crippen LogP contribution in [0.3, 0.4) is 0 Å². The molecule has 0 rings (SSSR count). The molecule has 2 atom stereocenters. The molecule has 0 aliphatic carbocycles.